The van der Waals surface area contributed by atoms with E-state index in [2.05, 4.69) is 5.32 Å². The molecule has 104 valence electrons. The van der Waals surface area contributed by atoms with E-state index in [1.165, 1.54) is 12.8 Å². The number of hydrogen-bond donors (Lipinski definition) is 1. The lowest BCUT2D eigenvalue weighted by molar-refractivity contribution is -0.125. The van der Waals surface area contributed by atoms with Gasteiger partial charge in [0.2, 0.25) is 5.91 Å². The van der Waals surface area contributed by atoms with Gasteiger partial charge in [0.05, 0.1) is 13.7 Å². The molecule has 4 nitrogen and oxygen atoms in total. The Labute approximate surface area is 114 Å². The molecular formula is C15H21NO3. The Morgan fingerprint density at radius 3 is 2.53 bits per heavy atom. The lowest BCUT2D eigenvalue weighted by Gasteiger charge is -2.11. The number of methoxy groups -OCH3 is 1. The van der Waals surface area contributed by atoms with Crippen molar-refractivity contribution in [2.45, 2.75) is 19.8 Å². The van der Waals surface area contributed by atoms with Crippen molar-refractivity contribution in [1.82, 2.24) is 5.32 Å². The van der Waals surface area contributed by atoms with Crippen LogP contribution in [0.3, 0.4) is 0 Å². The van der Waals surface area contributed by atoms with Crippen LogP contribution in [-0.4, -0.2) is 26.2 Å². The molecule has 0 radical (unpaired) electrons. The highest BCUT2D eigenvalue weighted by atomic mass is 16.5. The number of amides is 1. The van der Waals surface area contributed by atoms with Crippen molar-refractivity contribution in [1.29, 1.82) is 0 Å². The predicted octanol–water partition coefficient (Wildman–Crippen LogP) is 2.24. The van der Waals surface area contributed by atoms with E-state index in [-0.39, 0.29) is 11.8 Å². The molecule has 0 bridgehead atoms. The fraction of sp³-hybridized carbons (Fsp3) is 0.533. The Kier molecular flexibility index (Phi) is 4.66. The third kappa shape index (κ3) is 4.16. The summed E-state index contributed by atoms with van der Waals surface area (Å²) in [5.74, 6) is 2.47. The van der Waals surface area contributed by atoms with Gasteiger partial charge in [-0.1, -0.05) is 6.92 Å². The van der Waals surface area contributed by atoms with Crippen LogP contribution in [0, 0.1) is 11.8 Å². The standard InChI is InChI=1S/C15H21NO3/c1-11(12-3-4-12)15(17)16-9-10-19-14-7-5-13(18-2)6-8-14/h5-8,11-12H,3-4,9-10H2,1-2H3,(H,16,17). The van der Waals surface area contributed by atoms with Gasteiger partial charge in [0.1, 0.15) is 18.1 Å². The molecule has 19 heavy (non-hydrogen) atoms. The predicted molar refractivity (Wildman–Crippen MR) is 73.4 cm³/mol. The molecule has 1 N–H and O–H groups in total. The first-order valence-corrected chi connectivity index (χ1v) is 6.75. The Hall–Kier alpha value is -1.71. The van der Waals surface area contributed by atoms with Crippen molar-refractivity contribution < 1.29 is 14.3 Å². The van der Waals surface area contributed by atoms with E-state index in [0.717, 1.165) is 11.5 Å². The van der Waals surface area contributed by atoms with Crippen LogP contribution in [0.2, 0.25) is 0 Å². The van der Waals surface area contributed by atoms with Gasteiger partial charge in [0.25, 0.3) is 0 Å². The third-order valence-corrected chi connectivity index (χ3v) is 3.47. The second-order valence-electron chi connectivity index (χ2n) is 4.94. The van der Waals surface area contributed by atoms with Gasteiger partial charge in [-0.15, -0.1) is 0 Å². The summed E-state index contributed by atoms with van der Waals surface area (Å²) in [5, 5.41) is 2.91. The highest BCUT2D eigenvalue weighted by Gasteiger charge is 2.32. The van der Waals surface area contributed by atoms with E-state index < -0.39 is 0 Å². The van der Waals surface area contributed by atoms with Crippen LogP contribution in [0.4, 0.5) is 0 Å². The van der Waals surface area contributed by atoms with Crippen LogP contribution in [0.25, 0.3) is 0 Å². The minimum atomic E-state index is 0.140. The van der Waals surface area contributed by atoms with Gasteiger partial charge >= 0.3 is 0 Å². The van der Waals surface area contributed by atoms with Crippen molar-refractivity contribution in [2.24, 2.45) is 11.8 Å². The minimum absolute atomic E-state index is 0.140. The quantitative estimate of drug-likeness (QED) is 0.767. The fourth-order valence-corrected chi connectivity index (χ4v) is 1.99. The fourth-order valence-electron chi connectivity index (χ4n) is 1.99. The molecule has 1 atom stereocenters. The van der Waals surface area contributed by atoms with Crippen molar-refractivity contribution in [3.63, 3.8) is 0 Å². The number of nitrogens with one attached hydrogen (secondary N) is 1. The first-order valence-electron chi connectivity index (χ1n) is 6.75. The third-order valence-electron chi connectivity index (χ3n) is 3.47. The smallest absolute Gasteiger partial charge is 0.223 e. The molecule has 1 aliphatic carbocycles. The number of rotatable bonds is 7. The van der Waals surface area contributed by atoms with E-state index in [1.54, 1.807) is 7.11 Å². The monoisotopic (exact) mass is 263 g/mol. The molecule has 0 heterocycles. The molecule has 0 saturated heterocycles. The molecule has 1 unspecified atom stereocenters. The molecule has 2 rings (SSSR count). The zero-order valence-electron chi connectivity index (χ0n) is 11.5. The van der Waals surface area contributed by atoms with Crippen molar-refractivity contribution in [3.05, 3.63) is 24.3 Å². The van der Waals surface area contributed by atoms with Crippen LogP contribution in [0.5, 0.6) is 11.5 Å². The summed E-state index contributed by atoms with van der Waals surface area (Å²) in [5.41, 5.74) is 0. The van der Waals surface area contributed by atoms with E-state index in [9.17, 15) is 4.79 Å². The zero-order valence-corrected chi connectivity index (χ0v) is 11.5. The average Bonchev–Trinajstić information content (AvgIpc) is 3.27. The molecule has 1 aromatic carbocycles. The zero-order chi connectivity index (χ0) is 13.7. The summed E-state index contributed by atoms with van der Waals surface area (Å²) < 4.78 is 10.6. The van der Waals surface area contributed by atoms with Crippen molar-refractivity contribution in [2.75, 3.05) is 20.3 Å². The van der Waals surface area contributed by atoms with Crippen molar-refractivity contribution in [3.8, 4) is 11.5 Å². The maximum atomic E-state index is 11.7. The van der Waals surface area contributed by atoms with Gasteiger partial charge in [-0.25, -0.2) is 0 Å². The van der Waals surface area contributed by atoms with Gasteiger partial charge in [0, 0.05) is 5.92 Å². The van der Waals surface area contributed by atoms with E-state index in [4.69, 9.17) is 9.47 Å². The van der Waals surface area contributed by atoms with E-state index in [0.29, 0.717) is 19.1 Å². The Morgan fingerprint density at radius 1 is 1.32 bits per heavy atom. The van der Waals surface area contributed by atoms with Gasteiger partial charge in [-0.2, -0.15) is 0 Å². The topological polar surface area (TPSA) is 47.6 Å². The first-order chi connectivity index (χ1) is 9.20. The lowest BCUT2D eigenvalue weighted by atomic mass is 10.1. The number of carbonyl (C=O) groups is 1. The van der Waals surface area contributed by atoms with E-state index in [1.807, 2.05) is 31.2 Å². The minimum Gasteiger partial charge on any atom is -0.497 e. The van der Waals surface area contributed by atoms with Gasteiger partial charge < -0.3 is 14.8 Å². The Morgan fingerprint density at radius 2 is 1.95 bits per heavy atom. The number of ether oxygens (including phenoxy) is 2. The molecule has 1 amide bonds. The largest absolute Gasteiger partial charge is 0.497 e. The second kappa shape index (κ2) is 6.45. The molecule has 1 fully saturated rings. The highest BCUT2D eigenvalue weighted by molar-refractivity contribution is 5.78. The summed E-state index contributed by atoms with van der Waals surface area (Å²) in [6, 6.07) is 7.41. The molecule has 1 aromatic rings. The molecule has 0 aliphatic heterocycles. The SMILES string of the molecule is COc1ccc(OCCNC(=O)C(C)C2CC2)cc1. The van der Waals surface area contributed by atoms with Crippen LogP contribution in [-0.2, 0) is 4.79 Å². The van der Waals surface area contributed by atoms with Crippen LogP contribution in [0.15, 0.2) is 24.3 Å². The number of benzene rings is 1. The van der Waals surface area contributed by atoms with Gasteiger partial charge in [-0.3, -0.25) is 4.79 Å². The summed E-state index contributed by atoms with van der Waals surface area (Å²) in [4.78, 5) is 11.7. The van der Waals surface area contributed by atoms with Crippen LogP contribution in [0.1, 0.15) is 19.8 Å². The summed E-state index contributed by atoms with van der Waals surface area (Å²) in [7, 11) is 1.63. The molecule has 0 spiro atoms. The van der Waals surface area contributed by atoms with Crippen LogP contribution >= 0.6 is 0 Å². The lowest BCUT2D eigenvalue weighted by Crippen LogP contribution is -2.33. The maximum absolute atomic E-state index is 11.7. The normalized spacial score (nSPS) is 15.7. The number of carbonyl (C=O) groups excluding carboxylic acids is 1. The number of hydrogen-bond acceptors (Lipinski definition) is 3. The Bertz CT molecular complexity index is 412. The molecule has 1 saturated carbocycles. The second-order valence-corrected chi connectivity index (χ2v) is 4.94. The van der Waals surface area contributed by atoms with Gasteiger partial charge in [-0.05, 0) is 43.0 Å². The van der Waals surface area contributed by atoms with E-state index >= 15 is 0 Å². The summed E-state index contributed by atoms with van der Waals surface area (Å²) >= 11 is 0. The average molecular weight is 263 g/mol. The molecule has 1 aliphatic rings. The van der Waals surface area contributed by atoms with Crippen molar-refractivity contribution >= 4 is 5.91 Å². The first kappa shape index (κ1) is 13.7. The van der Waals surface area contributed by atoms with Crippen LogP contribution < -0.4 is 14.8 Å². The molecule has 4 heteroatoms. The van der Waals surface area contributed by atoms with Gasteiger partial charge in [0.15, 0.2) is 0 Å². The summed E-state index contributed by atoms with van der Waals surface area (Å²) in [6.07, 6.45) is 2.38. The molecule has 0 aromatic heterocycles. The highest BCUT2D eigenvalue weighted by Crippen LogP contribution is 2.36. The molecular weight excluding hydrogens is 242 g/mol. The summed E-state index contributed by atoms with van der Waals surface area (Å²) in [6.45, 7) is 3.02. The maximum Gasteiger partial charge on any atom is 0.223 e. The Balaban J connectivity index is 1.64.